The molecule has 0 atom stereocenters. The number of carboxylic acid groups (broad SMARTS) is 1. The first-order valence-corrected chi connectivity index (χ1v) is 7.35. The summed E-state index contributed by atoms with van der Waals surface area (Å²) in [5.41, 5.74) is 4.69. The number of carboxylic acids is 1. The van der Waals surface area contributed by atoms with Gasteiger partial charge in [-0.25, -0.2) is 0 Å². The maximum absolute atomic E-state index is 11.0. The van der Waals surface area contributed by atoms with E-state index in [0.29, 0.717) is 0 Å². The molecule has 2 aromatic carbocycles. The Balaban J connectivity index is 1.86. The number of fused-ring (bicyclic) bond motifs is 1. The van der Waals surface area contributed by atoms with Crippen LogP contribution in [0.4, 0.5) is 5.69 Å². The van der Waals surface area contributed by atoms with Crippen molar-refractivity contribution in [3.05, 3.63) is 65.2 Å². The third-order valence-electron chi connectivity index (χ3n) is 4.03. The number of aryl methyl sites for hydroxylation is 1. The van der Waals surface area contributed by atoms with Gasteiger partial charge in [0.05, 0.1) is 6.42 Å². The third-order valence-corrected chi connectivity index (χ3v) is 4.03. The second-order valence-corrected chi connectivity index (χ2v) is 5.49. The van der Waals surface area contributed by atoms with E-state index < -0.39 is 5.97 Å². The van der Waals surface area contributed by atoms with Crippen LogP contribution in [0, 0.1) is 0 Å². The smallest absolute Gasteiger partial charge is 0.307 e. The lowest BCUT2D eigenvalue weighted by molar-refractivity contribution is -0.136. The lowest BCUT2D eigenvalue weighted by atomic mass is 9.99. The van der Waals surface area contributed by atoms with Gasteiger partial charge in [0.25, 0.3) is 0 Å². The van der Waals surface area contributed by atoms with Crippen molar-refractivity contribution in [3.63, 3.8) is 0 Å². The summed E-state index contributed by atoms with van der Waals surface area (Å²) in [4.78, 5) is 13.4. The number of anilines is 1. The maximum Gasteiger partial charge on any atom is 0.307 e. The zero-order valence-electron chi connectivity index (χ0n) is 12.0. The normalized spacial score (nSPS) is 13.8. The van der Waals surface area contributed by atoms with Crippen LogP contribution < -0.4 is 4.90 Å². The third kappa shape index (κ3) is 3.07. The molecule has 108 valence electrons. The van der Waals surface area contributed by atoms with Crippen LogP contribution in [-0.4, -0.2) is 17.6 Å². The molecule has 1 heterocycles. The Hall–Kier alpha value is -2.29. The lowest BCUT2D eigenvalue weighted by Gasteiger charge is -2.32. The first-order valence-electron chi connectivity index (χ1n) is 7.35. The van der Waals surface area contributed by atoms with Crippen LogP contribution in [0.2, 0.25) is 0 Å². The maximum atomic E-state index is 11.0. The van der Waals surface area contributed by atoms with Crippen LogP contribution in [0.25, 0.3) is 0 Å². The van der Waals surface area contributed by atoms with Crippen LogP contribution in [0.3, 0.4) is 0 Å². The van der Waals surface area contributed by atoms with Gasteiger partial charge in [0.1, 0.15) is 0 Å². The quantitative estimate of drug-likeness (QED) is 0.935. The number of aliphatic carboxylic acids is 1. The summed E-state index contributed by atoms with van der Waals surface area (Å²) < 4.78 is 0. The molecule has 0 unspecified atom stereocenters. The highest BCUT2D eigenvalue weighted by atomic mass is 16.4. The first-order chi connectivity index (χ1) is 10.2. The van der Waals surface area contributed by atoms with Crippen molar-refractivity contribution in [3.8, 4) is 0 Å². The van der Waals surface area contributed by atoms with Crippen molar-refractivity contribution in [1.29, 1.82) is 0 Å². The number of nitrogens with zero attached hydrogens (tertiary/aromatic N) is 1. The molecule has 2 aromatic rings. The Morgan fingerprint density at radius 3 is 2.57 bits per heavy atom. The Bertz CT molecular complexity index is 651. The van der Waals surface area contributed by atoms with Gasteiger partial charge in [-0.3, -0.25) is 4.79 Å². The molecule has 0 aromatic heterocycles. The van der Waals surface area contributed by atoms with Crippen molar-refractivity contribution < 1.29 is 9.90 Å². The molecule has 3 nitrogen and oxygen atoms in total. The molecule has 0 aliphatic carbocycles. The first kappa shape index (κ1) is 13.7. The second-order valence-electron chi connectivity index (χ2n) is 5.49. The molecule has 1 aliphatic heterocycles. The Morgan fingerprint density at radius 2 is 1.76 bits per heavy atom. The van der Waals surface area contributed by atoms with Crippen molar-refractivity contribution in [2.24, 2.45) is 0 Å². The number of benzene rings is 2. The Morgan fingerprint density at radius 1 is 1.05 bits per heavy atom. The summed E-state index contributed by atoms with van der Waals surface area (Å²) in [6.07, 6.45) is 2.37. The number of carbonyl (C=O) groups is 1. The van der Waals surface area contributed by atoms with Crippen LogP contribution in [0.15, 0.2) is 48.5 Å². The summed E-state index contributed by atoms with van der Waals surface area (Å²) in [5, 5.41) is 9.04. The van der Waals surface area contributed by atoms with Gasteiger partial charge in [-0.05, 0) is 35.6 Å². The molecule has 21 heavy (non-hydrogen) atoms. The van der Waals surface area contributed by atoms with Crippen LogP contribution in [-0.2, 0) is 24.2 Å². The summed E-state index contributed by atoms with van der Waals surface area (Å²) in [5.74, 6) is -0.776. The average molecular weight is 281 g/mol. The molecule has 3 heteroatoms. The van der Waals surface area contributed by atoms with E-state index in [9.17, 15) is 4.79 Å². The zero-order chi connectivity index (χ0) is 14.7. The van der Waals surface area contributed by atoms with Gasteiger partial charge in [0, 0.05) is 18.8 Å². The topological polar surface area (TPSA) is 40.5 Å². The summed E-state index contributed by atoms with van der Waals surface area (Å²) >= 11 is 0. The molecule has 0 spiro atoms. The molecular formula is C18H19NO2. The van der Waals surface area contributed by atoms with Gasteiger partial charge < -0.3 is 10.0 Å². The van der Waals surface area contributed by atoms with Gasteiger partial charge >= 0.3 is 5.97 Å². The molecule has 0 amide bonds. The fourth-order valence-corrected chi connectivity index (χ4v) is 3.03. The molecule has 0 bridgehead atoms. The summed E-state index contributed by atoms with van der Waals surface area (Å²) in [6.45, 7) is 1.80. The lowest BCUT2D eigenvalue weighted by Crippen LogP contribution is -2.29. The van der Waals surface area contributed by atoms with Crippen molar-refractivity contribution >= 4 is 11.7 Å². The molecular weight excluding hydrogens is 262 g/mol. The van der Waals surface area contributed by atoms with E-state index in [4.69, 9.17) is 5.11 Å². The van der Waals surface area contributed by atoms with Crippen molar-refractivity contribution in [2.75, 3.05) is 11.4 Å². The van der Waals surface area contributed by atoms with E-state index in [1.165, 1.54) is 11.3 Å². The molecule has 0 saturated heterocycles. The highest BCUT2D eigenvalue weighted by Crippen LogP contribution is 2.28. The standard InChI is InChI=1S/C18H19NO2/c20-18(21)12-15-7-1-2-8-16(15)13-19-11-5-9-14-6-3-4-10-17(14)19/h1-4,6-8,10H,5,9,11-13H2,(H,20,21). The predicted molar refractivity (Wildman–Crippen MR) is 83.6 cm³/mol. The molecule has 0 saturated carbocycles. The summed E-state index contributed by atoms with van der Waals surface area (Å²) in [6, 6.07) is 16.3. The highest BCUT2D eigenvalue weighted by Gasteiger charge is 2.17. The fraction of sp³-hybridized carbons (Fsp3) is 0.278. The minimum Gasteiger partial charge on any atom is -0.481 e. The largest absolute Gasteiger partial charge is 0.481 e. The van der Waals surface area contributed by atoms with E-state index >= 15 is 0 Å². The fourth-order valence-electron chi connectivity index (χ4n) is 3.03. The van der Waals surface area contributed by atoms with Gasteiger partial charge in [0.15, 0.2) is 0 Å². The van der Waals surface area contributed by atoms with Gasteiger partial charge in [-0.15, -0.1) is 0 Å². The van der Waals surface area contributed by atoms with E-state index in [1.54, 1.807) is 0 Å². The minimum absolute atomic E-state index is 0.0889. The van der Waals surface area contributed by atoms with Gasteiger partial charge in [-0.1, -0.05) is 42.5 Å². The average Bonchev–Trinajstić information content (AvgIpc) is 2.49. The second kappa shape index (κ2) is 6.00. The Labute approximate surface area is 124 Å². The van der Waals surface area contributed by atoms with E-state index in [-0.39, 0.29) is 6.42 Å². The zero-order valence-corrected chi connectivity index (χ0v) is 12.0. The van der Waals surface area contributed by atoms with Gasteiger partial charge in [-0.2, -0.15) is 0 Å². The monoisotopic (exact) mass is 281 g/mol. The van der Waals surface area contributed by atoms with E-state index in [2.05, 4.69) is 29.2 Å². The van der Waals surface area contributed by atoms with Crippen LogP contribution in [0.1, 0.15) is 23.1 Å². The van der Waals surface area contributed by atoms with Crippen molar-refractivity contribution in [1.82, 2.24) is 0 Å². The number of rotatable bonds is 4. The minimum atomic E-state index is -0.776. The van der Waals surface area contributed by atoms with Crippen LogP contribution in [0.5, 0.6) is 0 Å². The van der Waals surface area contributed by atoms with E-state index in [1.807, 2.05) is 24.3 Å². The number of hydrogen-bond acceptors (Lipinski definition) is 2. The molecule has 0 radical (unpaired) electrons. The molecule has 0 fully saturated rings. The van der Waals surface area contributed by atoms with Crippen LogP contribution >= 0.6 is 0 Å². The SMILES string of the molecule is O=C(O)Cc1ccccc1CN1CCCc2ccccc21. The van der Waals surface area contributed by atoms with Gasteiger partial charge in [0.2, 0.25) is 0 Å². The summed E-state index contributed by atoms with van der Waals surface area (Å²) in [7, 11) is 0. The molecule has 1 N–H and O–H groups in total. The number of hydrogen-bond donors (Lipinski definition) is 1. The van der Waals surface area contributed by atoms with Crippen molar-refractivity contribution in [2.45, 2.75) is 25.8 Å². The van der Waals surface area contributed by atoms with E-state index in [0.717, 1.165) is 37.1 Å². The highest BCUT2D eigenvalue weighted by molar-refractivity contribution is 5.71. The number of para-hydroxylation sites is 1. The molecule has 1 aliphatic rings. The Kier molecular flexibility index (Phi) is 3.91. The predicted octanol–water partition coefficient (Wildman–Crippen LogP) is 3.27. The molecule has 3 rings (SSSR count).